The fraction of sp³-hybridized carbons (Fsp3) is 0.214. The van der Waals surface area contributed by atoms with E-state index in [0.29, 0.717) is 6.54 Å². The molecule has 3 rings (SSSR count). The summed E-state index contributed by atoms with van der Waals surface area (Å²) >= 11 is 0. The van der Waals surface area contributed by atoms with E-state index in [9.17, 15) is 4.79 Å². The van der Waals surface area contributed by atoms with E-state index in [2.05, 4.69) is 23.2 Å². The number of H-pyrrole nitrogens is 1. The number of nitrogens with one attached hydrogen (secondary N) is 1. The lowest BCUT2D eigenvalue weighted by atomic mass is 10.1. The Balaban J connectivity index is 1.87. The van der Waals surface area contributed by atoms with E-state index in [-0.39, 0.29) is 6.42 Å². The fourth-order valence-corrected chi connectivity index (χ4v) is 2.36. The first-order valence-electron chi connectivity index (χ1n) is 5.97. The van der Waals surface area contributed by atoms with E-state index in [4.69, 9.17) is 5.11 Å². The first kappa shape index (κ1) is 10.9. The van der Waals surface area contributed by atoms with Crippen molar-refractivity contribution in [2.24, 2.45) is 0 Å². The highest BCUT2D eigenvalue weighted by atomic mass is 16.4. The molecule has 0 amide bonds. The van der Waals surface area contributed by atoms with Crippen molar-refractivity contribution in [2.45, 2.75) is 13.0 Å². The predicted molar refractivity (Wildman–Crippen MR) is 70.0 cm³/mol. The van der Waals surface area contributed by atoms with Gasteiger partial charge in [-0.25, -0.2) is 0 Å². The molecule has 1 aliphatic heterocycles. The van der Waals surface area contributed by atoms with Crippen LogP contribution in [0.1, 0.15) is 17.7 Å². The number of nitrogens with zero attached hydrogens (tertiary/aromatic N) is 1. The van der Waals surface area contributed by atoms with Crippen LogP contribution < -0.4 is 0 Å². The quantitative estimate of drug-likeness (QED) is 0.869. The van der Waals surface area contributed by atoms with Crippen molar-refractivity contribution < 1.29 is 9.90 Å². The number of hydrogen-bond donors (Lipinski definition) is 2. The summed E-state index contributed by atoms with van der Waals surface area (Å²) in [4.78, 5) is 16.0. The Labute approximate surface area is 105 Å². The number of rotatable bonds is 3. The van der Waals surface area contributed by atoms with Gasteiger partial charge in [0.1, 0.15) is 0 Å². The molecule has 0 atom stereocenters. The summed E-state index contributed by atoms with van der Waals surface area (Å²) in [5.74, 6) is -0.758. The maximum Gasteiger partial charge on any atom is 0.305 e. The molecule has 92 valence electrons. The molecular formula is C14H14N2O2. The number of fused-ring (bicyclic) bond motifs is 3. The van der Waals surface area contributed by atoms with Crippen LogP contribution in [0.4, 0.5) is 0 Å². The fourth-order valence-electron chi connectivity index (χ4n) is 2.36. The number of aliphatic carboxylic acids is 1. The van der Waals surface area contributed by atoms with Gasteiger partial charge < -0.3 is 15.0 Å². The lowest BCUT2D eigenvalue weighted by Gasteiger charge is -2.22. The van der Waals surface area contributed by atoms with Crippen LogP contribution in [-0.4, -0.2) is 27.5 Å². The number of carboxylic acids is 1. The number of aromatic nitrogens is 1. The van der Waals surface area contributed by atoms with Gasteiger partial charge in [0.05, 0.1) is 13.0 Å². The Bertz CT molecular complexity index is 628. The van der Waals surface area contributed by atoms with E-state index in [0.717, 1.165) is 17.8 Å². The molecule has 0 saturated heterocycles. The average molecular weight is 242 g/mol. The number of benzene rings is 1. The Morgan fingerprint density at radius 2 is 2.22 bits per heavy atom. The molecule has 1 aromatic carbocycles. The molecule has 0 unspecified atom stereocenters. The maximum atomic E-state index is 10.6. The van der Waals surface area contributed by atoms with E-state index in [1.165, 1.54) is 10.9 Å². The van der Waals surface area contributed by atoms with Crippen LogP contribution in [0.25, 0.3) is 17.0 Å². The summed E-state index contributed by atoms with van der Waals surface area (Å²) in [5.41, 5.74) is 3.51. The molecule has 4 nitrogen and oxygen atoms in total. The summed E-state index contributed by atoms with van der Waals surface area (Å²) in [7, 11) is 0. The van der Waals surface area contributed by atoms with Gasteiger partial charge >= 0.3 is 5.97 Å². The Morgan fingerprint density at radius 3 is 3.06 bits per heavy atom. The summed E-state index contributed by atoms with van der Waals surface area (Å²) < 4.78 is 0. The third kappa shape index (κ3) is 1.86. The highest BCUT2D eigenvalue weighted by Crippen LogP contribution is 2.27. The normalized spacial score (nSPS) is 13.9. The van der Waals surface area contributed by atoms with Gasteiger partial charge in [-0.2, -0.15) is 0 Å². The summed E-state index contributed by atoms with van der Waals surface area (Å²) in [5, 5.41) is 9.92. The van der Waals surface area contributed by atoms with E-state index >= 15 is 0 Å². The van der Waals surface area contributed by atoms with Crippen molar-refractivity contribution in [3.8, 4) is 0 Å². The molecule has 2 N–H and O–H groups in total. The van der Waals surface area contributed by atoms with Crippen molar-refractivity contribution in [3.63, 3.8) is 0 Å². The molecule has 2 heterocycles. The topological polar surface area (TPSA) is 56.3 Å². The molecule has 2 aromatic rings. The molecule has 18 heavy (non-hydrogen) atoms. The Hall–Kier alpha value is -2.23. The number of aromatic amines is 1. The Morgan fingerprint density at radius 1 is 1.39 bits per heavy atom. The van der Waals surface area contributed by atoms with Gasteiger partial charge in [-0.05, 0) is 12.1 Å². The lowest BCUT2D eigenvalue weighted by molar-refractivity contribution is -0.137. The monoisotopic (exact) mass is 242 g/mol. The minimum atomic E-state index is -0.758. The molecule has 0 fully saturated rings. The van der Waals surface area contributed by atoms with E-state index in [1.807, 2.05) is 23.2 Å². The second kappa shape index (κ2) is 4.22. The van der Waals surface area contributed by atoms with Gasteiger partial charge in [-0.15, -0.1) is 0 Å². The molecule has 0 spiro atoms. The summed E-state index contributed by atoms with van der Waals surface area (Å²) in [6.45, 7) is 1.29. The molecule has 0 bridgehead atoms. The zero-order chi connectivity index (χ0) is 12.5. The van der Waals surface area contributed by atoms with Crippen molar-refractivity contribution in [1.82, 2.24) is 9.88 Å². The standard InChI is InChI=1S/C14H14N2O2/c17-14(18)6-8-16-7-5-11-10-3-1-2-4-12(10)15-13(11)9-16/h1-5,7,15H,6,8-9H2,(H,17,18). The summed E-state index contributed by atoms with van der Waals surface area (Å²) in [6, 6.07) is 8.20. The molecule has 1 aliphatic rings. The van der Waals surface area contributed by atoms with Gasteiger partial charge in [0.2, 0.25) is 0 Å². The summed E-state index contributed by atoms with van der Waals surface area (Å²) in [6.07, 6.45) is 4.20. The van der Waals surface area contributed by atoms with Crippen LogP contribution in [0.5, 0.6) is 0 Å². The van der Waals surface area contributed by atoms with Crippen LogP contribution in [0, 0.1) is 0 Å². The Kier molecular flexibility index (Phi) is 2.55. The first-order valence-corrected chi connectivity index (χ1v) is 5.97. The van der Waals surface area contributed by atoms with Gasteiger partial charge in [0, 0.05) is 34.9 Å². The number of para-hydroxylation sites is 1. The van der Waals surface area contributed by atoms with Gasteiger partial charge in [0.25, 0.3) is 0 Å². The highest BCUT2D eigenvalue weighted by molar-refractivity contribution is 5.90. The molecule has 4 heteroatoms. The molecule has 0 aliphatic carbocycles. The molecular weight excluding hydrogens is 228 g/mol. The van der Waals surface area contributed by atoms with Crippen molar-refractivity contribution >= 4 is 22.9 Å². The zero-order valence-electron chi connectivity index (χ0n) is 9.89. The van der Waals surface area contributed by atoms with Gasteiger partial charge in [-0.3, -0.25) is 4.79 Å². The second-order valence-electron chi connectivity index (χ2n) is 4.49. The third-order valence-corrected chi connectivity index (χ3v) is 3.25. The number of hydrogen-bond acceptors (Lipinski definition) is 2. The highest BCUT2D eigenvalue weighted by Gasteiger charge is 2.15. The second-order valence-corrected chi connectivity index (χ2v) is 4.49. The van der Waals surface area contributed by atoms with Crippen LogP contribution in [0.15, 0.2) is 30.5 Å². The van der Waals surface area contributed by atoms with Crippen LogP contribution >= 0.6 is 0 Å². The van der Waals surface area contributed by atoms with Gasteiger partial charge in [0.15, 0.2) is 0 Å². The van der Waals surface area contributed by atoms with E-state index < -0.39 is 5.97 Å². The molecule has 0 saturated carbocycles. The molecule has 0 radical (unpaired) electrons. The van der Waals surface area contributed by atoms with E-state index in [1.54, 1.807) is 0 Å². The minimum Gasteiger partial charge on any atom is -0.481 e. The van der Waals surface area contributed by atoms with Crippen molar-refractivity contribution in [3.05, 3.63) is 41.7 Å². The third-order valence-electron chi connectivity index (χ3n) is 3.25. The first-order chi connectivity index (χ1) is 8.74. The maximum absolute atomic E-state index is 10.6. The average Bonchev–Trinajstić information content (AvgIpc) is 2.73. The smallest absolute Gasteiger partial charge is 0.305 e. The minimum absolute atomic E-state index is 0.167. The number of carbonyl (C=O) groups is 1. The van der Waals surface area contributed by atoms with Crippen molar-refractivity contribution in [1.29, 1.82) is 0 Å². The number of carboxylic acid groups (broad SMARTS) is 1. The van der Waals surface area contributed by atoms with Crippen LogP contribution in [0.3, 0.4) is 0 Å². The van der Waals surface area contributed by atoms with Gasteiger partial charge in [-0.1, -0.05) is 18.2 Å². The lowest BCUT2D eigenvalue weighted by Crippen LogP contribution is -2.22. The largest absolute Gasteiger partial charge is 0.481 e. The molecule has 1 aromatic heterocycles. The predicted octanol–water partition coefficient (Wildman–Crippen LogP) is 2.43. The van der Waals surface area contributed by atoms with Crippen molar-refractivity contribution in [2.75, 3.05) is 6.54 Å². The van der Waals surface area contributed by atoms with Crippen LogP contribution in [0.2, 0.25) is 0 Å². The SMILES string of the molecule is O=C(O)CCN1C=Cc2c([nH]c3ccccc23)C1. The zero-order valence-corrected chi connectivity index (χ0v) is 9.89. The van der Waals surface area contributed by atoms with Crippen LogP contribution in [-0.2, 0) is 11.3 Å².